The van der Waals surface area contributed by atoms with Crippen LogP contribution in [0, 0.1) is 23.3 Å². The van der Waals surface area contributed by atoms with Crippen LogP contribution in [0.25, 0.3) is 0 Å². The topological polar surface area (TPSA) is 90.2 Å². The number of hydrogen-bond donors (Lipinski definition) is 2. The molecular formula is C8H10N2O3. The number of aliphatic carboxylic acids is 1. The van der Waals surface area contributed by atoms with E-state index in [9.17, 15) is 9.59 Å². The molecule has 0 spiro atoms. The highest BCUT2D eigenvalue weighted by atomic mass is 16.4. The maximum Gasteiger partial charge on any atom is 0.306 e. The van der Waals surface area contributed by atoms with Crippen molar-refractivity contribution in [1.82, 2.24) is 5.32 Å². The summed E-state index contributed by atoms with van der Waals surface area (Å²) in [5.74, 6) is -1.94. The van der Waals surface area contributed by atoms with E-state index < -0.39 is 11.9 Å². The maximum absolute atomic E-state index is 11.1. The number of carboxylic acids is 1. The van der Waals surface area contributed by atoms with Crippen LogP contribution in [-0.2, 0) is 9.59 Å². The van der Waals surface area contributed by atoms with Crippen LogP contribution in [-0.4, -0.2) is 17.0 Å². The summed E-state index contributed by atoms with van der Waals surface area (Å²) >= 11 is 0. The zero-order chi connectivity index (χ0) is 9.84. The van der Waals surface area contributed by atoms with Crippen molar-refractivity contribution in [3.8, 4) is 6.19 Å². The molecule has 5 heteroatoms. The number of carbonyl (C=O) groups is 2. The first-order valence-corrected chi connectivity index (χ1v) is 4.07. The van der Waals surface area contributed by atoms with E-state index >= 15 is 0 Å². The van der Waals surface area contributed by atoms with Gasteiger partial charge in [-0.3, -0.25) is 14.9 Å². The van der Waals surface area contributed by atoms with E-state index in [4.69, 9.17) is 10.4 Å². The molecular weight excluding hydrogens is 172 g/mol. The van der Waals surface area contributed by atoms with Crippen LogP contribution < -0.4 is 5.32 Å². The van der Waals surface area contributed by atoms with Crippen LogP contribution in [0.15, 0.2) is 0 Å². The second kappa shape index (κ2) is 3.90. The molecule has 0 bridgehead atoms. The van der Waals surface area contributed by atoms with Gasteiger partial charge in [0.05, 0.1) is 5.92 Å². The summed E-state index contributed by atoms with van der Waals surface area (Å²) in [6, 6.07) is 0. The summed E-state index contributed by atoms with van der Waals surface area (Å²) in [4.78, 5) is 21.6. The molecule has 1 fully saturated rings. The van der Waals surface area contributed by atoms with Crippen molar-refractivity contribution in [1.29, 1.82) is 5.26 Å². The van der Waals surface area contributed by atoms with E-state index in [1.54, 1.807) is 6.19 Å². The molecule has 5 nitrogen and oxygen atoms in total. The molecule has 2 N–H and O–H groups in total. The number of rotatable bonds is 2. The van der Waals surface area contributed by atoms with Crippen LogP contribution >= 0.6 is 0 Å². The van der Waals surface area contributed by atoms with E-state index in [2.05, 4.69) is 0 Å². The van der Waals surface area contributed by atoms with Crippen molar-refractivity contribution in [3.05, 3.63) is 0 Å². The first kappa shape index (κ1) is 9.52. The minimum Gasteiger partial charge on any atom is -0.481 e. The smallest absolute Gasteiger partial charge is 0.306 e. The monoisotopic (exact) mass is 182 g/mol. The fraction of sp³-hybridized carbons (Fsp3) is 0.625. The molecule has 0 unspecified atom stereocenters. The Morgan fingerprint density at radius 3 is 2.46 bits per heavy atom. The Bertz CT molecular complexity index is 269. The number of carboxylic acid groups (broad SMARTS) is 1. The molecule has 70 valence electrons. The average molecular weight is 182 g/mol. The van der Waals surface area contributed by atoms with Crippen LogP contribution in [0.3, 0.4) is 0 Å². The minimum absolute atomic E-state index is 0.305. The third-order valence-electron chi connectivity index (χ3n) is 2.33. The van der Waals surface area contributed by atoms with Crippen LogP contribution in [0.2, 0.25) is 0 Å². The van der Waals surface area contributed by atoms with E-state index in [0.717, 1.165) is 0 Å². The third-order valence-corrected chi connectivity index (χ3v) is 2.33. The fourth-order valence-corrected chi connectivity index (χ4v) is 1.60. The zero-order valence-corrected chi connectivity index (χ0v) is 6.99. The van der Waals surface area contributed by atoms with Crippen molar-refractivity contribution in [3.63, 3.8) is 0 Å². The standard InChI is InChI=1S/C8H10N2O3/c9-4-10-7(11)5-1-2-6(3-5)8(12)13/h5-6H,1-3H2,(H,10,11)(H,12,13)/t5-,6+/m1/s1. The first-order chi connectivity index (χ1) is 6.15. The second-order valence-corrected chi connectivity index (χ2v) is 3.15. The van der Waals surface area contributed by atoms with Crippen LogP contribution in [0.5, 0.6) is 0 Å². The highest BCUT2D eigenvalue weighted by molar-refractivity contribution is 5.81. The predicted octanol–water partition coefficient (Wildman–Crippen LogP) is 0.0846. The molecule has 13 heavy (non-hydrogen) atoms. The molecule has 0 heterocycles. The molecule has 0 saturated heterocycles. The highest BCUT2D eigenvalue weighted by Gasteiger charge is 2.33. The Kier molecular flexibility index (Phi) is 2.85. The lowest BCUT2D eigenvalue weighted by Crippen LogP contribution is -2.25. The normalized spacial score (nSPS) is 26.4. The van der Waals surface area contributed by atoms with Gasteiger partial charge in [0.2, 0.25) is 5.91 Å². The molecule has 0 aromatic rings. The number of hydrogen-bond acceptors (Lipinski definition) is 3. The van der Waals surface area contributed by atoms with Crippen LogP contribution in [0.1, 0.15) is 19.3 Å². The highest BCUT2D eigenvalue weighted by Crippen LogP contribution is 2.30. The molecule has 1 amide bonds. The molecule has 0 aromatic heterocycles. The zero-order valence-electron chi connectivity index (χ0n) is 6.99. The number of nitrogens with zero attached hydrogens (tertiary/aromatic N) is 1. The Hall–Kier alpha value is -1.57. The Balaban J connectivity index is 2.46. The summed E-state index contributed by atoms with van der Waals surface area (Å²) in [5.41, 5.74) is 0. The fourth-order valence-electron chi connectivity index (χ4n) is 1.60. The number of nitriles is 1. The molecule has 2 atom stereocenters. The van der Waals surface area contributed by atoms with Gasteiger partial charge < -0.3 is 5.11 Å². The van der Waals surface area contributed by atoms with E-state index in [-0.39, 0.29) is 11.8 Å². The van der Waals surface area contributed by atoms with Gasteiger partial charge in [-0.1, -0.05) is 0 Å². The number of carbonyl (C=O) groups excluding carboxylic acids is 1. The van der Waals surface area contributed by atoms with Gasteiger partial charge in [0.1, 0.15) is 0 Å². The molecule has 1 rings (SSSR count). The summed E-state index contributed by atoms with van der Waals surface area (Å²) in [5, 5.41) is 18.8. The van der Waals surface area contributed by atoms with Gasteiger partial charge in [-0.15, -0.1) is 0 Å². The van der Waals surface area contributed by atoms with Gasteiger partial charge in [0.25, 0.3) is 0 Å². The third kappa shape index (κ3) is 2.18. The molecule has 1 aliphatic rings. The van der Waals surface area contributed by atoms with Gasteiger partial charge in [0, 0.05) is 5.92 Å². The first-order valence-electron chi connectivity index (χ1n) is 4.07. The van der Waals surface area contributed by atoms with Crippen molar-refractivity contribution in [2.45, 2.75) is 19.3 Å². The van der Waals surface area contributed by atoms with Gasteiger partial charge in [-0.25, -0.2) is 0 Å². The van der Waals surface area contributed by atoms with E-state index in [0.29, 0.717) is 19.3 Å². The predicted molar refractivity (Wildman–Crippen MR) is 42.2 cm³/mol. The molecule has 0 radical (unpaired) electrons. The van der Waals surface area contributed by atoms with Crippen molar-refractivity contribution in [2.75, 3.05) is 0 Å². The van der Waals surface area contributed by atoms with Crippen molar-refractivity contribution >= 4 is 11.9 Å². The molecule has 0 aromatic carbocycles. The summed E-state index contributed by atoms with van der Waals surface area (Å²) in [6.07, 6.45) is 2.98. The Labute approximate surface area is 75.3 Å². The lowest BCUT2D eigenvalue weighted by molar-refractivity contribution is -0.141. The van der Waals surface area contributed by atoms with E-state index in [1.165, 1.54) is 0 Å². The van der Waals surface area contributed by atoms with Gasteiger partial charge >= 0.3 is 5.97 Å². The average Bonchev–Trinajstić information content (AvgIpc) is 2.52. The molecule has 1 aliphatic carbocycles. The molecule has 0 aliphatic heterocycles. The van der Waals surface area contributed by atoms with E-state index in [1.807, 2.05) is 5.32 Å². The van der Waals surface area contributed by atoms with Crippen molar-refractivity contribution in [2.24, 2.45) is 11.8 Å². The molecule has 1 saturated carbocycles. The largest absolute Gasteiger partial charge is 0.481 e. The summed E-state index contributed by atoms with van der Waals surface area (Å²) < 4.78 is 0. The quantitative estimate of drug-likeness (QED) is 0.467. The Morgan fingerprint density at radius 1 is 1.38 bits per heavy atom. The SMILES string of the molecule is N#CNC(=O)[C@@H]1CC[C@H](C(=O)O)C1. The van der Waals surface area contributed by atoms with Gasteiger partial charge in [-0.05, 0) is 19.3 Å². The number of amides is 1. The van der Waals surface area contributed by atoms with Gasteiger partial charge in [-0.2, -0.15) is 5.26 Å². The Morgan fingerprint density at radius 2 is 2.00 bits per heavy atom. The van der Waals surface area contributed by atoms with Gasteiger partial charge in [0.15, 0.2) is 6.19 Å². The van der Waals surface area contributed by atoms with Crippen molar-refractivity contribution < 1.29 is 14.7 Å². The second-order valence-electron chi connectivity index (χ2n) is 3.15. The van der Waals surface area contributed by atoms with Crippen LogP contribution in [0.4, 0.5) is 0 Å². The lowest BCUT2D eigenvalue weighted by atomic mass is 10.0. The lowest BCUT2D eigenvalue weighted by Gasteiger charge is -2.04. The maximum atomic E-state index is 11.1. The number of nitrogens with one attached hydrogen (secondary N) is 1. The minimum atomic E-state index is -0.854. The summed E-state index contributed by atoms with van der Waals surface area (Å²) in [6.45, 7) is 0. The summed E-state index contributed by atoms with van der Waals surface area (Å²) in [7, 11) is 0.